The van der Waals surface area contributed by atoms with Crippen LogP contribution in [0.15, 0.2) is 23.1 Å². The quantitative estimate of drug-likeness (QED) is 0.783. The molecular weight excluding hydrogens is 290 g/mol. The van der Waals surface area contributed by atoms with Crippen LogP contribution in [0.3, 0.4) is 0 Å². The van der Waals surface area contributed by atoms with Crippen LogP contribution in [0.4, 0.5) is 0 Å². The molecule has 0 bridgehead atoms. The largest absolute Gasteiger partial charge is 0.381 e. The molecule has 1 aromatic rings. The lowest BCUT2D eigenvalue weighted by molar-refractivity contribution is -0.120. The Kier molecular flexibility index (Phi) is 6.36. The van der Waals surface area contributed by atoms with Crippen molar-refractivity contribution in [1.29, 1.82) is 0 Å². The fraction of sp³-hybridized carbons (Fsp3) is 0.533. The van der Waals surface area contributed by atoms with Gasteiger partial charge in [0, 0.05) is 6.61 Å². The second-order valence-corrected chi connectivity index (χ2v) is 7.18. The van der Waals surface area contributed by atoms with Gasteiger partial charge in [-0.25, -0.2) is 13.1 Å². The molecule has 0 fully saturated rings. The van der Waals surface area contributed by atoms with Crippen LogP contribution in [0.1, 0.15) is 31.4 Å². The smallest absolute Gasteiger partial charge is 0.264 e. The van der Waals surface area contributed by atoms with E-state index in [1.54, 1.807) is 12.1 Å². The van der Waals surface area contributed by atoms with E-state index in [1.165, 1.54) is 6.07 Å². The topological polar surface area (TPSA) is 72.5 Å². The number of benzene rings is 1. The van der Waals surface area contributed by atoms with E-state index in [2.05, 4.69) is 4.72 Å². The summed E-state index contributed by atoms with van der Waals surface area (Å²) < 4.78 is 31.5. The summed E-state index contributed by atoms with van der Waals surface area (Å²) in [4.78, 5) is 11.8. The van der Waals surface area contributed by atoms with Crippen LogP contribution in [0, 0.1) is 19.8 Å². The molecule has 118 valence electrons. The Balaban J connectivity index is 2.59. The van der Waals surface area contributed by atoms with Gasteiger partial charge in [-0.1, -0.05) is 19.9 Å². The van der Waals surface area contributed by atoms with Gasteiger partial charge in [-0.3, -0.25) is 4.79 Å². The molecule has 6 heteroatoms. The third-order valence-electron chi connectivity index (χ3n) is 2.96. The SMILES string of the molecule is Cc1ccc(S(=O)(=O)NC(=O)CCOCC(C)C)cc1C. The predicted octanol–water partition coefficient (Wildman–Crippen LogP) is 2.17. The van der Waals surface area contributed by atoms with E-state index in [4.69, 9.17) is 4.74 Å². The van der Waals surface area contributed by atoms with Crippen molar-refractivity contribution in [2.75, 3.05) is 13.2 Å². The van der Waals surface area contributed by atoms with E-state index in [9.17, 15) is 13.2 Å². The van der Waals surface area contributed by atoms with Gasteiger partial charge in [0.2, 0.25) is 5.91 Å². The van der Waals surface area contributed by atoms with E-state index >= 15 is 0 Å². The highest BCUT2D eigenvalue weighted by Gasteiger charge is 2.17. The van der Waals surface area contributed by atoms with Crippen molar-refractivity contribution in [2.45, 2.75) is 39.0 Å². The number of sulfonamides is 1. The standard InChI is InChI=1S/C15H23NO4S/c1-11(2)10-20-8-7-15(17)16-21(18,19)14-6-5-12(3)13(4)9-14/h5-6,9,11H,7-8,10H2,1-4H3,(H,16,17). The van der Waals surface area contributed by atoms with Gasteiger partial charge in [0.25, 0.3) is 10.0 Å². The highest BCUT2D eigenvalue weighted by Crippen LogP contribution is 2.14. The highest BCUT2D eigenvalue weighted by atomic mass is 32.2. The van der Waals surface area contributed by atoms with Gasteiger partial charge in [-0.15, -0.1) is 0 Å². The Morgan fingerprint density at radius 3 is 2.48 bits per heavy atom. The van der Waals surface area contributed by atoms with E-state index in [1.807, 2.05) is 27.7 Å². The number of amides is 1. The number of ether oxygens (including phenoxy) is 1. The Labute approximate surface area is 126 Å². The predicted molar refractivity (Wildman–Crippen MR) is 81.5 cm³/mol. The molecule has 1 amide bonds. The number of rotatable bonds is 7. The van der Waals surface area contributed by atoms with E-state index < -0.39 is 15.9 Å². The summed E-state index contributed by atoms with van der Waals surface area (Å²) in [6.07, 6.45) is 0.0246. The Hall–Kier alpha value is -1.40. The minimum Gasteiger partial charge on any atom is -0.381 e. The molecule has 0 saturated carbocycles. The van der Waals surface area contributed by atoms with Crippen molar-refractivity contribution in [3.05, 3.63) is 29.3 Å². The van der Waals surface area contributed by atoms with Gasteiger partial charge in [0.05, 0.1) is 17.9 Å². The van der Waals surface area contributed by atoms with Crippen LogP contribution in [-0.4, -0.2) is 27.5 Å². The second kappa shape index (κ2) is 7.56. The molecule has 0 aliphatic carbocycles. The first-order chi connectivity index (χ1) is 9.72. The van der Waals surface area contributed by atoms with Crippen LogP contribution < -0.4 is 4.72 Å². The Morgan fingerprint density at radius 1 is 1.24 bits per heavy atom. The van der Waals surface area contributed by atoms with Crippen LogP contribution in [-0.2, 0) is 19.6 Å². The normalized spacial score (nSPS) is 11.7. The molecular formula is C15H23NO4S. The lowest BCUT2D eigenvalue weighted by Gasteiger charge is -2.09. The van der Waals surface area contributed by atoms with Crippen LogP contribution in [0.2, 0.25) is 0 Å². The third kappa shape index (κ3) is 5.85. The molecule has 0 atom stereocenters. The molecule has 0 aliphatic rings. The van der Waals surface area contributed by atoms with E-state index in [0.29, 0.717) is 12.5 Å². The minimum atomic E-state index is -3.81. The number of carbonyl (C=O) groups is 1. The molecule has 1 aromatic carbocycles. The molecule has 0 unspecified atom stereocenters. The third-order valence-corrected chi connectivity index (χ3v) is 4.33. The molecule has 21 heavy (non-hydrogen) atoms. The summed E-state index contributed by atoms with van der Waals surface area (Å²) >= 11 is 0. The maximum atomic E-state index is 12.1. The van der Waals surface area contributed by atoms with Crippen LogP contribution >= 0.6 is 0 Å². The molecule has 0 aromatic heterocycles. The average molecular weight is 313 g/mol. The van der Waals surface area contributed by atoms with Crippen LogP contribution in [0.5, 0.6) is 0 Å². The number of aryl methyl sites for hydroxylation is 2. The maximum Gasteiger partial charge on any atom is 0.264 e. The van der Waals surface area contributed by atoms with Crippen molar-refractivity contribution in [3.8, 4) is 0 Å². The lowest BCUT2D eigenvalue weighted by Crippen LogP contribution is -2.31. The molecule has 0 aliphatic heterocycles. The molecule has 5 nitrogen and oxygen atoms in total. The van der Waals surface area contributed by atoms with E-state index in [0.717, 1.165) is 11.1 Å². The van der Waals surface area contributed by atoms with Gasteiger partial charge in [0.15, 0.2) is 0 Å². The molecule has 0 radical (unpaired) electrons. The first kappa shape index (κ1) is 17.7. The fourth-order valence-corrected chi connectivity index (χ4v) is 2.72. The van der Waals surface area contributed by atoms with Crippen LogP contribution in [0.25, 0.3) is 0 Å². The number of hydrogen-bond acceptors (Lipinski definition) is 4. The number of hydrogen-bond donors (Lipinski definition) is 1. The minimum absolute atomic E-state index is 0.0246. The van der Waals surface area contributed by atoms with Gasteiger partial charge in [0.1, 0.15) is 0 Å². The van der Waals surface area contributed by atoms with Gasteiger partial charge in [-0.05, 0) is 43.0 Å². The van der Waals surface area contributed by atoms with Crippen molar-refractivity contribution in [2.24, 2.45) is 5.92 Å². The molecule has 0 spiro atoms. The summed E-state index contributed by atoms with van der Waals surface area (Å²) in [7, 11) is -3.81. The summed E-state index contributed by atoms with van der Waals surface area (Å²) in [5, 5.41) is 0. The zero-order valence-electron chi connectivity index (χ0n) is 13.0. The zero-order valence-corrected chi connectivity index (χ0v) is 13.8. The van der Waals surface area contributed by atoms with Crippen molar-refractivity contribution >= 4 is 15.9 Å². The van der Waals surface area contributed by atoms with Gasteiger partial charge < -0.3 is 4.74 Å². The van der Waals surface area contributed by atoms with Crippen molar-refractivity contribution < 1.29 is 17.9 Å². The summed E-state index contributed by atoms with van der Waals surface area (Å²) in [6, 6.07) is 4.77. The first-order valence-electron chi connectivity index (χ1n) is 6.93. The van der Waals surface area contributed by atoms with Crippen molar-refractivity contribution in [1.82, 2.24) is 4.72 Å². The fourth-order valence-electron chi connectivity index (χ4n) is 1.62. The lowest BCUT2D eigenvalue weighted by atomic mass is 10.1. The van der Waals surface area contributed by atoms with Gasteiger partial charge >= 0.3 is 0 Å². The highest BCUT2D eigenvalue weighted by molar-refractivity contribution is 7.90. The average Bonchev–Trinajstić information content (AvgIpc) is 2.37. The summed E-state index contributed by atoms with van der Waals surface area (Å²) in [5.74, 6) is -0.177. The monoisotopic (exact) mass is 313 g/mol. The maximum absolute atomic E-state index is 12.1. The van der Waals surface area contributed by atoms with E-state index in [-0.39, 0.29) is 17.9 Å². The second-order valence-electron chi connectivity index (χ2n) is 5.49. The molecule has 1 rings (SSSR count). The Bertz CT molecular complexity index is 594. The Morgan fingerprint density at radius 2 is 1.90 bits per heavy atom. The number of nitrogens with one attached hydrogen (secondary N) is 1. The van der Waals surface area contributed by atoms with Gasteiger partial charge in [-0.2, -0.15) is 0 Å². The first-order valence-corrected chi connectivity index (χ1v) is 8.41. The summed E-state index contributed by atoms with van der Waals surface area (Å²) in [5.41, 5.74) is 1.87. The number of carbonyl (C=O) groups excluding carboxylic acids is 1. The molecule has 0 saturated heterocycles. The molecule has 1 N–H and O–H groups in total. The zero-order chi connectivity index (χ0) is 16.0. The summed E-state index contributed by atoms with van der Waals surface area (Å²) in [6.45, 7) is 8.50. The van der Waals surface area contributed by atoms with Crippen molar-refractivity contribution in [3.63, 3.8) is 0 Å². The molecule has 0 heterocycles.